The molecule has 0 amide bonds. The highest BCUT2D eigenvalue weighted by molar-refractivity contribution is 14.0. The lowest BCUT2D eigenvalue weighted by Gasteiger charge is -2.36. The molecule has 8 nitrogen and oxygen atoms in total. The van der Waals surface area contributed by atoms with E-state index in [4.69, 9.17) is 4.74 Å². The Labute approximate surface area is 180 Å². The quantitative estimate of drug-likeness (QED) is 0.321. The molecule has 0 aliphatic carbocycles. The first kappa shape index (κ1) is 23.2. The van der Waals surface area contributed by atoms with Crippen LogP contribution in [0.3, 0.4) is 0 Å². The molecule has 0 spiro atoms. The molecule has 1 aromatic heterocycles. The predicted molar refractivity (Wildman–Crippen MR) is 118 cm³/mol. The fraction of sp³-hybridized carbons (Fsp3) is 0.688. The van der Waals surface area contributed by atoms with Gasteiger partial charge in [0.15, 0.2) is 5.96 Å². The van der Waals surface area contributed by atoms with Crippen molar-refractivity contribution in [3.8, 4) is 5.88 Å². The highest BCUT2D eigenvalue weighted by Gasteiger charge is 2.22. The molecule has 148 valence electrons. The number of aliphatic hydroxyl groups is 1. The molecule has 1 aromatic rings. The van der Waals surface area contributed by atoms with Crippen molar-refractivity contribution in [2.24, 2.45) is 10.9 Å². The van der Waals surface area contributed by atoms with Gasteiger partial charge in [-0.3, -0.25) is 4.99 Å². The predicted octanol–water partition coefficient (Wildman–Crippen LogP) is 1.58. The number of piperazine rings is 1. The fourth-order valence-electron chi connectivity index (χ4n) is 2.48. The largest absolute Gasteiger partial charge is 0.480 e. The van der Waals surface area contributed by atoms with Gasteiger partial charge in [-0.1, -0.05) is 6.92 Å². The summed E-state index contributed by atoms with van der Waals surface area (Å²) < 4.78 is 6.00. The van der Waals surface area contributed by atoms with Crippen molar-refractivity contribution in [3.63, 3.8) is 0 Å². The molecular formula is C16H28BrIN6O2. The third kappa shape index (κ3) is 6.38. The van der Waals surface area contributed by atoms with Crippen LogP contribution >= 0.6 is 39.9 Å². The van der Waals surface area contributed by atoms with E-state index >= 15 is 0 Å². The first-order chi connectivity index (χ1) is 12.1. The molecule has 1 saturated heterocycles. The molecule has 10 heteroatoms. The van der Waals surface area contributed by atoms with Gasteiger partial charge in [0.25, 0.3) is 0 Å². The Morgan fingerprint density at radius 2 is 2.12 bits per heavy atom. The molecule has 1 aliphatic rings. The van der Waals surface area contributed by atoms with Crippen LogP contribution in [0.4, 0.5) is 5.95 Å². The lowest BCUT2D eigenvalue weighted by atomic mass is 10.2. The van der Waals surface area contributed by atoms with Crippen LogP contribution in [0.5, 0.6) is 5.88 Å². The summed E-state index contributed by atoms with van der Waals surface area (Å²) in [5.41, 5.74) is 0. The Morgan fingerprint density at radius 1 is 1.42 bits per heavy atom. The zero-order valence-corrected chi connectivity index (χ0v) is 19.4. The topological polar surface area (TPSA) is 86.1 Å². The van der Waals surface area contributed by atoms with Gasteiger partial charge in [-0.25, -0.2) is 4.98 Å². The van der Waals surface area contributed by atoms with Crippen molar-refractivity contribution in [3.05, 3.63) is 10.7 Å². The van der Waals surface area contributed by atoms with Crippen molar-refractivity contribution in [1.82, 2.24) is 20.2 Å². The van der Waals surface area contributed by atoms with Crippen LogP contribution in [0, 0.1) is 5.92 Å². The normalized spacial score (nSPS) is 16.1. The fourth-order valence-corrected chi connectivity index (χ4v) is 2.84. The van der Waals surface area contributed by atoms with Gasteiger partial charge in [0.05, 0.1) is 17.8 Å². The molecule has 1 unspecified atom stereocenters. The molecule has 1 aliphatic heterocycles. The number of methoxy groups -OCH3 is 1. The van der Waals surface area contributed by atoms with Crippen molar-refractivity contribution < 1.29 is 9.84 Å². The van der Waals surface area contributed by atoms with Gasteiger partial charge in [0.1, 0.15) is 0 Å². The number of aliphatic hydroxyl groups excluding tert-OH is 1. The van der Waals surface area contributed by atoms with E-state index < -0.39 is 0 Å². The van der Waals surface area contributed by atoms with Gasteiger partial charge in [-0.05, 0) is 28.8 Å². The summed E-state index contributed by atoms with van der Waals surface area (Å²) in [6.45, 7) is 8.93. The molecule has 2 heterocycles. The Hall–Kier alpha value is -0.880. The van der Waals surface area contributed by atoms with E-state index in [2.05, 4.69) is 52.9 Å². The number of rotatable bonds is 6. The van der Waals surface area contributed by atoms with Crippen LogP contribution in [0.15, 0.2) is 15.7 Å². The van der Waals surface area contributed by atoms with Gasteiger partial charge >= 0.3 is 0 Å². The standard InChI is InChI=1S/C16H27BrN6O2.HI/c1-4-18-15(19-9-12(2)11-24)22-5-7-23(8-6-22)16-20-10-13(17)14(21-16)25-3;/h10,12,24H,4-9,11H2,1-3H3,(H,18,19);1H. The van der Waals surface area contributed by atoms with E-state index in [0.29, 0.717) is 18.4 Å². The monoisotopic (exact) mass is 542 g/mol. The smallest absolute Gasteiger partial charge is 0.232 e. The van der Waals surface area contributed by atoms with Crippen LogP contribution in [0.25, 0.3) is 0 Å². The number of ether oxygens (including phenoxy) is 1. The van der Waals surface area contributed by atoms with Crippen molar-refractivity contribution in [1.29, 1.82) is 0 Å². The second kappa shape index (κ2) is 11.8. The second-order valence-electron chi connectivity index (χ2n) is 5.98. The summed E-state index contributed by atoms with van der Waals surface area (Å²) in [6, 6.07) is 0. The second-order valence-corrected chi connectivity index (χ2v) is 6.84. The minimum Gasteiger partial charge on any atom is -0.480 e. The molecule has 1 atom stereocenters. The molecule has 0 bridgehead atoms. The Balaban J connectivity index is 0.00000338. The number of nitrogens with zero attached hydrogens (tertiary/aromatic N) is 5. The zero-order chi connectivity index (χ0) is 18.2. The van der Waals surface area contributed by atoms with Gasteiger partial charge in [0, 0.05) is 45.9 Å². The molecular weight excluding hydrogens is 515 g/mol. The van der Waals surface area contributed by atoms with E-state index in [1.165, 1.54) is 0 Å². The lowest BCUT2D eigenvalue weighted by molar-refractivity contribution is 0.241. The number of halogens is 2. The van der Waals surface area contributed by atoms with Crippen LogP contribution in [0.1, 0.15) is 13.8 Å². The van der Waals surface area contributed by atoms with Crippen molar-refractivity contribution >= 4 is 51.8 Å². The third-order valence-electron chi connectivity index (χ3n) is 3.95. The van der Waals surface area contributed by atoms with Crippen molar-refractivity contribution in [2.75, 3.05) is 57.9 Å². The highest BCUT2D eigenvalue weighted by atomic mass is 127. The van der Waals surface area contributed by atoms with E-state index in [1.54, 1.807) is 13.3 Å². The molecule has 26 heavy (non-hydrogen) atoms. The van der Waals surface area contributed by atoms with Crippen LogP contribution in [-0.4, -0.2) is 78.9 Å². The minimum absolute atomic E-state index is 0. The average Bonchev–Trinajstić information content (AvgIpc) is 2.65. The van der Waals surface area contributed by atoms with Gasteiger partial charge < -0.3 is 25.0 Å². The van der Waals surface area contributed by atoms with Gasteiger partial charge in [-0.2, -0.15) is 4.98 Å². The van der Waals surface area contributed by atoms with Gasteiger partial charge in [-0.15, -0.1) is 24.0 Å². The Morgan fingerprint density at radius 3 is 2.69 bits per heavy atom. The highest BCUT2D eigenvalue weighted by Crippen LogP contribution is 2.23. The molecule has 0 radical (unpaired) electrons. The summed E-state index contributed by atoms with van der Waals surface area (Å²) in [7, 11) is 1.60. The summed E-state index contributed by atoms with van der Waals surface area (Å²) in [5.74, 6) is 2.28. The summed E-state index contributed by atoms with van der Waals surface area (Å²) in [5, 5.41) is 12.5. The number of hydrogen-bond donors (Lipinski definition) is 2. The Bertz CT molecular complexity index is 584. The maximum Gasteiger partial charge on any atom is 0.232 e. The molecule has 2 rings (SSSR count). The van der Waals surface area contributed by atoms with E-state index in [0.717, 1.165) is 43.2 Å². The number of anilines is 1. The number of aromatic nitrogens is 2. The zero-order valence-electron chi connectivity index (χ0n) is 15.5. The molecule has 1 fully saturated rings. The average molecular weight is 543 g/mol. The number of guanidine groups is 1. The van der Waals surface area contributed by atoms with E-state index in [9.17, 15) is 5.11 Å². The van der Waals surface area contributed by atoms with E-state index in [-0.39, 0.29) is 36.5 Å². The van der Waals surface area contributed by atoms with Crippen molar-refractivity contribution in [2.45, 2.75) is 13.8 Å². The maximum atomic E-state index is 9.17. The SMILES string of the molecule is CCNC(=NCC(C)CO)N1CCN(c2ncc(Br)c(OC)n2)CC1.I. The van der Waals surface area contributed by atoms with Gasteiger partial charge in [0.2, 0.25) is 11.8 Å². The van der Waals surface area contributed by atoms with E-state index in [1.807, 2.05) is 6.92 Å². The first-order valence-corrected chi connectivity index (χ1v) is 9.33. The first-order valence-electron chi connectivity index (χ1n) is 8.54. The third-order valence-corrected chi connectivity index (χ3v) is 4.50. The molecule has 2 N–H and O–H groups in total. The maximum absolute atomic E-state index is 9.17. The minimum atomic E-state index is 0. The molecule has 0 aromatic carbocycles. The summed E-state index contributed by atoms with van der Waals surface area (Å²) >= 11 is 3.38. The van der Waals surface area contributed by atoms with Crippen LogP contribution in [0.2, 0.25) is 0 Å². The number of hydrogen-bond acceptors (Lipinski definition) is 6. The number of aliphatic imine (C=N–C) groups is 1. The number of nitrogens with one attached hydrogen (secondary N) is 1. The Kier molecular flexibility index (Phi) is 10.5. The lowest BCUT2D eigenvalue weighted by Crippen LogP contribution is -2.53. The molecule has 0 saturated carbocycles. The summed E-state index contributed by atoms with van der Waals surface area (Å²) in [4.78, 5) is 17.8. The van der Waals surface area contributed by atoms with Crippen LogP contribution < -0.4 is 15.0 Å². The summed E-state index contributed by atoms with van der Waals surface area (Å²) in [6.07, 6.45) is 1.72. The van der Waals surface area contributed by atoms with Crippen LogP contribution in [-0.2, 0) is 0 Å².